The largest absolute Gasteiger partial charge is 0.349 e. The maximum absolute atomic E-state index is 12.1. The van der Waals surface area contributed by atoms with Crippen molar-refractivity contribution in [1.82, 2.24) is 5.32 Å². The summed E-state index contributed by atoms with van der Waals surface area (Å²) in [4.78, 5) is 22.3. The summed E-state index contributed by atoms with van der Waals surface area (Å²) in [5.41, 5.74) is 2.51. The van der Waals surface area contributed by atoms with E-state index in [0.29, 0.717) is 11.5 Å². The van der Waals surface area contributed by atoms with E-state index in [1.807, 2.05) is 13.8 Å². The number of rotatable bonds is 6. The van der Waals surface area contributed by atoms with Crippen molar-refractivity contribution in [1.29, 1.82) is 0 Å². The lowest BCUT2D eigenvalue weighted by Crippen LogP contribution is -2.36. The highest BCUT2D eigenvalue weighted by Crippen LogP contribution is 2.24. The monoisotopic (exact) mass is 280 g/mol. The van der Waals surface area contributed by atoms with E-state index in [4.69, 9.17) is 5.84 Å². The molecular formula is C13H20N4O3. The van der Waals surface area contributed by atoms with Crippen LogP contribution in [0.4, 0.5) is 11.4 Å². The molecule has 0 aliphatic carbocycles. The number of anilines is 1. The van der Waals surface area contributed by atoms with E-state index in [0.717, 1.165) is 6.42 Å². The Labute approximate surface area is 117 Å². The minimum absolute atomic E-state index is 0.0250. The Hall–Kier alpha value is -2.15. The number of hydrogen-bond acceptors (Lipinski definition) is 5. The number of nitrogens with two attached hydrogens (primary N) is 1. The topological polar surface area (TPSA) is 110 Å². The summed E-state index contributed by atoms with van der Waals surface area (Å²) in [7, 11) is 0. The van der Waals surface area contributed by atoms with Crippen LogP contribution in [0.25, 0.3) is 0 Å². The molecule has 1 aromatic rings. The van der Waals surface area contributed by atoms with Crippen molar-refractivity contribution >= 4 is 17.3 Å². The molecule has 0 aliphatic heterocycles. The second-order valence-corrected chi connectivity index (χ2v) is 4.78. The summed E-state index contributed by atoms with van der Waals surface area (Å²) < 4.78 is 0. The zero-order valence-corrected chi connectivity index (χ0v) is 11.8. The molecule has 1 amide bonds. The van der Waals surface area contributed by atoms with Gasteiger partial charge in [0, 0.05) is 17.7 Å². The summed E-state index contributed by atoms with van der Waals surface area (Å²) in [5, 5.41) is 13.6. The number of nitro groups is 1. The highest BCUT2D eigenvalue weighted by Gasteiger charge is 2.18. The first-order valence-electron chi connectivity index (χ1n) is 6.46. The van der Waals surface area contributed by atoms with Crippen LogP contribution in [0.1, 0.15) is 37.6 Å². The van der Waals surface area contributed by atoms with Crippen LogP contribution in [0.15, 0.2) is 18.2 Å². The van der Waals surface area contributed by atoms with Crippen molar-refractivity contribution in [3.63, 3.8) is 0 Å². The third-order valence-corrected chi connectivity index (χ3v) is 3.47. The quantitative estimate of drug-likeness (QED) is 0.419. The molecule has 110 valence electrons. The van der Waals surface area contributed by atoms with Crippen molar-refractivity contribution in [2.75, 3.05) is 5.43 Å². The van der Waals surface area contributed by atoms with E-state index in [9.17, 15) is 14.9 Å². The van der Waals surface area contributed by atoms with Crippen LogP contribution in [0, 0.1) is 16.0 Å². The molecular weight excluding hydrogens is 260 g/mol. The SMILES string of the molecule is CCC(C)C(C)NC(=O)c1ccc([N+](=O)[O-])c(NN)c1. The van der Waals surface area contributed by atoms with Crippen LogP contribution in [0.2, 0.25) is 0 Å². The normalized spacial score (nSPS) is 13.4. The number of carbonyl (C=O) groups excluding carboxylic acids is 1. The average molecular weight is 280 g/mol. The molecule has 0 aromatic heterocycles. The van der Waals surface area contributed by atoms with E-state index in [1.54, 1.807) is 0 Å². The number of amides is 1. The van der Waals surface area contributed by atoms with Gasteiger partial charge < -0.3 is 10.7 Å². The van der Waals surface area contributed by atoms with Crippen LogP contribution in [-0.4, -0.2) is 16.9 Å². The molecule has 7 nitrogen and oxygen atoms in total. The number of hydrazine groups is 1. The molecule has 4 N–H and O–H groups in total. The van der Waals surface area contributed by atoms with Gasteiger partial charge in [-0.05, 0) is 25.0 Å². The highest BCUT2D eigenvalue weighted by molar-refractivity contribution is 5.96. The Balaban J connectivity index is 2.92. The average Bonchev–Trinajstić information content (AvgIpc) is 2.45. The number of nitrogens with zero attached hydrogens (tertiary/aromatic N) is 1. The molecule has 1 aromatic carbocycles. The molecule has 0 aliphatic rings. The smallest absolute Gasteiger partial charge is 0.293 e. The number of hydrogen-bond donors (Lipinski definition) is 3. The standard InChI is InChI=1S/C13H20N4O3/c1-4-8(2)9(3)15-13(18)10-5-6-12(17(19)20)11(7-10)16-14/h5-9,16H,4,14H2,1-3H3,(H,15,18). The fourth-order valence-electron chi connectivity index (χ4n) is 1.74. The predicted molar refractivity (Wildman–Crippen MR) is 77.3 cm³/mol. The van der Waals surface area contributed by atoms with Gasteiger partial charge in [0.15, 0.2) is 0 Å². The third-order valence-electron chi connectivity index (χ3n) is 3.47. The van der Waals surface area contributed by atoms with E-state index >= 15 is 0 Å². The maximum atomic E-state index is 12.1. The summed E-state index contributed by atoms with van der Waals surface area (Å²) >= 11 is 0. The van der Waals surface area contributed by atoms with Crippen LogP contribution in [0.3, 0.4) is 0 Å². The molecule has 7 heteroatoms. The van der Waals surface area contributed by atoms with Gasteiger partial charge in [0.1, 0.15) is 5.69 Å². The van der Waals surface area contributed by atoms with Crippen molar-refractivity contribution in [3.05, 3.63) is 33.9 Å². The van der Waals surface area contributed by atoms with Crippen LogP contribution >= 0.6 is 0 Å². The first-order chi connectivity index (χ1) is 9.40. The lowest BCUT2D eigenvalue weighted by atomic mass is 10.0. The maximum Gasteiger partial charge on any atom is 0.293 e. The molecule has 0 heterocycles. The zero-order valence-electron chi connectivity index (χ0n) is 11.8. The Morgan fingerprint density at radius 1 is 1.45 bits per heavy atom. The Kier molecular flexibility index (Phi) is 5.45. The molecule has 0 spiro atoms. The summed E-state index contributed by atoms with van der Waals surface area (Å²) in [6, 6.07) is 4.07. The number of nitrogens with one attached hydrogen (secondary N) is 2. The van der Waals surface area contributed by atoms with Crippen molar-refractivity contribution in [2.45, 2.75) is 33.2 Å². The van der Waals surface area contributed by atoms with Crippen molar-refractivity contribution < 1.29 is 9.72 Å². The van der Waals surface area contributed by atoms with Crippen LogP contribution in [0.5, 0.6) is 0 Å². The summed E-state index contributed by atoms with van der Waals surface area (Å²) in [6.07, 6.45) is 0.956. The van der Waals surface area contributed by atoms with Crippen LogP contribution < -0.4 is 16.6 Å². The van der Waals surface area contributed by atoms with Crippen LogP contribution in [-0.2, 0) is 0 Å². The Morgan fingerprint density at radius 3 is 2.60 bits per heavy atom. The van der Waals surface area contributed by atoms with E-state index < -0.39 is 4.92 Å². The first kappa shape index (κ1) is 15.9. The van der Waals surface area contributed by atoms with Gasteiger partial charge in [-0.1, -0.05) is 20.3 Å². The minimum Gasteiger partial charge on any atom is -0.349 e. The van der Waals surface area contributed by atoms with E-state index in [2.05, 4.69) is 17.7 Å². The van der Waals surface area contributed by atoms with Gasteiger partial charge in [-0.2, -0.15) is 0 Å². The number of benzene rings is 1. The molecule has 0 saturated heterocycles. The fourth-order valence-corrected chi connectivity index (χ4v) is 1.74. The molecule has 0 radical (unpaired) electrons. The number of carbonyl (C=O) groups is 1. The zero-order chi connectivity index (χ0) is 15.3. The lowest BCUT2D eigenvalue weighted by molar-refractivity contribution is -0.384. The molecule has 0 bridgehead atoms. The van der Waals surface area contributed by atoms with Gasteiger partial charge in [-0.15, -0.1) is 0 Å². The number of nitrogen functional groups attached to an aromatic ring is 1. The second-order valence-electron chi connectivity index (χ2n) is 4.78. The molecule has 0 fully saturated rings. The van der Waals surface area contributed by atoms with Crippen molar-refractivity contribution in [2.24, 2.45) is 11.8 Å². The summed E-state index contributed by atoms with van der Waals surface area (Å²) in [6.45, 7) is 6.03. The molecule has 2 atom stereocenters. The molecule has 1 rings (SSSR count). The first-order valence-corrected chi connectivity index (χ1v) is 6.46. The van der Waals surface area contributed by atoms with Gasteiger partial charge in [-0.3, -0.25) is 20.8 Å². The van der Waals surface area contributed by atoms with Gasteiger partial charge in [0.25, 0.3) is 11.6 Å². The van der Waals surface area contributed by atoms with Gasteiger partial charge >= 0.3 is 0 Å². The highest BCUT2D eigenvalue weighted by atomic mass is 16.6. The minimum atomic E-state index is -0.557. The number of nitro benzene ring substituents is 1. The van der Waals surface area contributed by atoms with E-state index in [-0.39, 0.29) is 23.3 Å². The third kappa shape index (κ3) is 3.67. The summed E-state index contributed by atoms with van der Waals surface area (Å²) in [5.74, 6) is 5.32. The van der Waals surface area contributed by atoms with Gasteiger partial charge in [0.2, 0.25) is 0 Å². The second kappa shape index (κ2) is 6.85. The van der Waals surface area contributed by atoms with Gasteiger partial charge in [0.05, 0.1) is 4.92 Å². The Morgan fingerprint density at radius 2 is 2.10 bits per heavy atom. The molecule has 0 saturated carbocycles. The predicted octanol–water partition coefficient (Wildman–Crippen LogP) is 2.04. The fraction of sp³-hybridized carbons (Fsp3) is 0.462. The van der Waals surface area contributed by atoms with E-state index in [1.165, 1.54) is 18.2 Å². The van der Waals surface area contributed by atoms with Crippen molar-refractivity contribution in [3.8, 4) is 0 Å². The molecule has 2 unspecified atom stereocenters. The van der Waals surface area contributed by atoms with Gasteiger partial charge in [-0.25, -0.2) is 0 Å². The lowest BCUT2D eigenvalue weighted by Gasteiger charge is -2.20. The molecule has 20 heavy (non-hydrogen) atoms. The Bertz CT molecular complexity index is 504.